The van der Waals surface area contributed by atoms with E-state index in [1.807, 2.05) is 18.2 Å². The van der Waals surface area contributed by atoms with Gasteiger partial charge in [-0.25, -0.2) is 17.5 Å². The molecule has 0 bridgehead atoms. The van der Waals surface area contributed by atoms with Crippen LogP contribution in [0.2, 0.25) is 0 Å². The first-order valence-corrected chi connectivity index (χ1v) is 10.1. The van der Waals surface area contributed by atoms with Gasteiger partial charge >= 0.3 is 0 Å². The van der Waals surface area contributed by atoms with Gasteiger partial charge in [0.05, 0.1) is 6.04 Å². The fourth-order valence-corrected chi connectivity index (χ4v) is 4.32. The summed E-state index contributed by atoms with van der Waals surface area (Å²) in [5, 5.41) is 2.96. The SMILES string of the molecule is O=C(CCNS(=O)(=O)c1ccccc1F)NC1CCCc2ccccc21. The average molecular weight is 376 g/mol. The van der Waals surface area contributed by atoms with Crippen LogP contribution in [-0.2, 0) is 21.2 Å². The highest BCUT2D eigenvalue weighted by molar-refractivity contribution is 7.89. The second-order valence-corrected chi connectivity index (χ2v) is 8.02. The van der Waals surface area contributed by atoms with Gasteiger partial charge < -0.3 is 5.32 Å². The Balaban J connectivity index is 1.55. The Labute approximate surface area is 152 Å². The molecule has 26 heavy (non-hydrogen) atoms. The fourth-order valence-electron chi connectivity index (χ4n) is 3.21. The summed E-state index contributed by atoms with van der Waals surface area (Å²) < 4.78 is 40.1. The minimum absolute atomic E-state index is 0.00759. The number of halogens is 1. The fraction of sp³-hybridized carbons (Fsp3) is 0.316. The van der Waals surface area contributed by atoms with Crippen LogP contribution in [0.4, 0.5) is 4.39 Å². The monoisotopic (exact) mass is 376 g/mol. The van der Waals surface area contributed by atoms with Crippen molar-refractivity contribution >= 4 is 15.9 Å². The molecule has 0 saturated carbocycles. The Morgan fingerprint density at radius 2 is 1.85 bits per heavy atom. The molecule has 7 heteroatoms. The Morgan fingerprint density at radius 3 is 2.65 bits per heavy atom. The van der Waals surface area contributed by atoms with Crippen molar-refractivity contribution in [3.05, 3.63) is 65.5 Å². The first-order chi connectivity index (χ1) is 12.5. The molecule has 2 aromatic carbocycles. The number of aryl methyl sites for hydroxylation is 1. The second kappa shape index (κ2) is 7.97. The van der Waals surface area contributed by atoms with Crippen molar-refractivity contribution in [2.75, 3.05) is 6.54 Å². The number of carbonyl (C=O) groups is 1. The maximum atomic E-state index is 13.6. The molecule has 2 N–H and O–H groups in total. The molecule has 3 rings (SSSR count). The lowest BCUT2D eigenvalue weighted by Crippen LogP contribution is -2.34. The van der Waals surface area contributed by atoms with Crippen LogP contribution in [0.25, 0.3) is 0 Å². The van der Waals surface area contributed by atoms with E-state index < -0.39 is 20.7 Å². The van der Waals surface area contributed by atoms with Gasteiger partial charge in [-0.15, -0.1) is 0 Å². The topological polar surface area (TPSA) is 75.3 Å². The van der Waals surface area contributed by atoms with Crippen LogP contribution in [0.5, 0.6) is 0 Å². The van der Waals surface area contributed by atoms with Crippen LogP contribution in [0.1, 0.15) is 36.4 Å². The molecule has 0 radical (unpaired) electrons. The number of benzene rings is 2. The first kappa shape index (κ1) is 18.5. The number of fused-ring (bicyclic) bond motifs is 1. The third kappa shape index (κ3) is 4.28. The summed E-state index contributed by atoms with van der Waals surface area (Å²) in [4.78, 5) is 11.8. The highest BCUT2D eigenvalue weighted by atomic mass is 32.2. The number of hydrogen-bond acceptors (Lipinski definition) is 3. The number of carbonyl (C=O) groups excluding carboxylic acids is 1. The lowest BCUT2D eigenvalue weighted by atomic mass is 9.88. The van der Waals surface area contributed by atoms with Crippen LogP contribution < -0.4 is 10.0 Å². The van der Waals surface area contributed by atoms with Crippen molar-refractivity contribution in [1.82, 2.24) is 10.0 Å². The first-order valence-electron chi connectivity index (χ1n) is 8.59. The smallest absolute Gasteiger partial charge is 0.243 e. The summed E-state index contributed by atoms with van der Waals surface area (Å²) in [5.41, 5.74) is 2.36. The van der Waals surface area contributed by atoms with E-state index in [9.17, 15) is 17.6 Å². The Morgan fingerprint density at radius 1 is 1.12 bits per heavy atom. The number of nitrogens with one attached hydrogen (secondary N) is 2. The molecule has 1 aliphatic rings. The molecule has 2 aromatic rings. The van der Waals surface area contributed by atoms with E-state index in [1.165, 1.54) is 23.8 Å². The van der Waals surface area contributed by atoms with Crippen molar-refractivity contribution in [2.24, 2.45) is 0 Å². The Bertz CT molecular complexity index is 899. The van der Waals surface area contributed by atoms with Gasteiger partial charge in [0.15, 0.2) is 0 Å². The summed E-state index contributed by atoms with van der Waals surface area (Å²) in [6.07, 6.45) is 2.86. The van der Waals surface area contributed by atoms with E-state index in [4.69, 9.17) is 0 Å². The van der Waals surface area contributed by atoms with Crippen LogP contribution in [0.15, 0.2) is 53.4 Å². The average Bonchev–Trinajstić information content (AvgIpc) is 2.62. The molecular weight excluding hydrogens is 355 g/mol. The molecule has 1 amide bonds. The van der Waals surface area contributed by atoms with Gasteiger partial charge in [-0.1, -0.05) is 36.4 Å². The Kier molecular flexibility index (Phi) is 5.68. The maximum absolute atomic E-state index is 13.6. The quantitative estimate of drug-likeness (QED) is 0.814. The van der Waals surface area contributed by atoms with Crippen LogP contribution in [0.3, 0.4) is 0 Å². The van der Waals surface area contributed by atoms with Crippen molar-refractivity contribution < 1.29 is 17.6 Å². The van der Waals surface area contributed by atoms with Crippen molar-refractivity contribution in [3.63, 3.8) is 0 Å². The predicted molar refractivity (Wildman–Crippen MR) is 96.5 cm³/mol. The summed E-state index contributed by atoms with van der Waals surface area (Å²) in [7, 11) is -3.97. The van der Waals surface area contributed by atoms with E-state index in [2.05, 4.69) is 16.1 Å². The lowest BCUT2D eigenvalue weighted by Gasteiger charge is -2.26. The zero-order valence-electron chi connectivity index (χ0n) is 14.2. The predicted octanol–water partition coefficient (Wildman–Crippen LogP) is 2.69. The third-order valence-electron chi connectivity index (χ3n) is 4.47. The van der Waals surface area contributed by atoms with Gasteiger partial charge in [0.1, 0.15) is 10.7 Å². The molecule has 1 unspecified atom stereocenters. The number of rotatable bonds is 6. The molecule has 0 fully saturated rings. The summed E-state index contributed by atoms with van der Waals surface area (Å²) in [6.45, 7) is -0.0864. The van der Waals surface area contributed by atoms with E-state index in [0.29, 0.717) is 0 Å². The number of hydrogen-bond donors (Lipinski definition) is 2. The summed E-state index contributed by atoms with van der Waals surface area (Å²) in [6, 6.07) is 13.1. The molecule has 0 heterocycles. The normalized spacial score (nSPS) is 16.7. The van der Waals surface area contributed by atoms with Gasteiger partial charge in [0.25, 0.3) is 0 Å². The van der Waals surface area contributed by atoms with E-state index >= 15 is 0 Å². The van der Waals surface area contributed by atoms with Gasteiger partial charge in [-0.3, -0.25) is 4.79 Å². The molecule has 1 aliphatic carbocycles. The second-order valence-electron chi connectivity index (χ2n) is 6.29. The molecule has 5 nitrogen and oxygen atoms in total. The highest BCUT2D eigenvalue weighted by Gasteiger charge is 2.22. The largest absolute Gasteiger partial charge is 0.349 e. The zero-order chi connectivity index (χ0) is 18.6. The van der Waals surface area contributed by atoms with Crippen LogP contribution in [-0.4, -0.2) is 20.9 Å². The summed E-state index contributed by atoms with van der Waals surface area (Å²) in [5.74, 6) is -1.05. The van der Waals surface area contributed by atoms with Gasteiger partial charge in [-0.2, -0.15) is 0 Å². The minimum atomic E-state index is -3.97. The molecular formula is C19H21FN2O3S. The van der Waals surface area contributed by atoms with Crippen molar-refractivity contribution in [1.29, 1.82) is 0 Å². The number of amides is 1. The lowest BCUT2D eigenvalue weighted by molar-refractivity contribution is -0.121. The maximum Gasteiger partial charge on any atom is 0.243 e. The van der Waals surface area contributed by atoms with Crippen molar-refractivity contribution in [3.8, 4) is 0 Å². The molecule has 0 saturated heterocycles. The van der Waals surface area contributed by atoms with Gasteiger partial charge in [-0.05, 0) is 42.5 Å². The molecule has 1 atom stereocenters. The van der Waals surface area contributed by atoms with Gasteiger partial charge in [0, 0.05) is 13.0 Å². The highest BCUT2D eigenvalue weighted by Crippen LogP contribution is 2.29. The molecule has 0 aromatic heterocycles. The standard InChI is InChI=1S/C19H21FN2O3S/c20-16-9-3-4-11-18(16)26(24,25)21-13-12-19(23)22-17-10-5-7-14-6-1-2-8-15(14)17/h1-4,6,8-9,11,17,21H,5,7,10,12-13H2,(H,22,23). The molecule has 0 spiro atoms. The molecule has 0 aliphatic heterocycles. The van der Waals surface area contributed by atoms with Gasteiger partial charge in [0.2, 0.25) is 15.9 Å². The van der Waals surface area contributed by atoms with Crippen LogP contribution >= 0.6 is 0 Å². The van der Waals surface area contributed by atoms with E-state index in [1.54, 1.807) is 0 Å². The van der Waals surface area contributed by atoms with Crippen molar-refractivity contribution in [2.45, 2.75) is 36.6 Å². The van der Waals surface area contributed by atoms with E-state index in [0.717, 1.165) is 30.9 Å². The third-order valence-corrected chi connectivity index (χ3v) is 5.97. The van der Waals surface area contributed by atoms with E-state index in [-0.39, 0.29) is 24.9 Å². The van der Waals surface area contributed by atoms with Crippen LogP contribution in [0, 0.1) is 5.82 Å². The minimum Gasteiger partial charge on any atom is -0.349 e. The molecule has 138 valence electrons. The zero-order valence-corrected chi connectivity index (χ0v) is 15.1. The Hall–Kier alpha value is -2.25. The summed E-state index contributed by atoms with van der Waals surface area (Å²) >= 11 is 0. The number of sulfonamides is 1.